The van der Waals surface area contributed by atoms with Crippen molar-refractivity contribution >= 4 is 0 Å². The van der Waals surface area contributed by atoms with E-state index in [-0.39, 0.29) is 5.41 Å². The summed E-state index contributed by atoms with van der Waals surface area (Å²) in [7, 11) is 0. The van der Waals surface area contributed by atoms with Gasteiger partial charge in [0.1, 0.15) is 0 Å². The highest BCUT2D eigenvalue weighted by Crippen LogP contribution is 2.54. The molecule has 1 saturated carbocycles. The summed E-state index contributed by atoms with van der Waals surface area (Å²) in [6.07, 6.45) is 9.16. The number of hydrogen-bond acceptors (Lipinski definition) is 2. The van der Waals surface area contributed by atoms with Crippen LogP contribution in [0, 0.1) is 5.92 Å². The molecular weight excluding hydrogens is 342 g/mol. The van der Waals surface area contributed by atoms with E-state index in [0.29, 0.717) is 6.04 Å². The number of benzene rings is 2. The van der Waals surface area contributed by atoms with Gasteiger partial charge >= 0.3 is 0 Å². The monoisotopic (exact) mass is 375 g/mol. The topological polar surface area (TPSA) is 23.5 Å². The molecule has 0 spiro atoms. The van der Waals surface area contributed by atoms with Crippen LogP contribution in [0.25, 0.3) is 0 Å². The molecule has 2 bridgehead atoms. The molecule has 2 nitrogen and oxygen atoms in total. The van der Waals surface area contributed by atoms with E-state index in [1.807, 2.05) is 0 Å². The van der Waals surface area contributed by atoms with Crippen molar-refractivity contribution in [2.24, 2.45) is 5.92 Å². The summed E-state index contributed by atoms with van der Waals surface area (Å²) in [4.78, 5) is 2.72. The summed E-state index contributed by atoms with van der Waals surface area (Å²) in [5, 5.41) is 12.2. The Balaban J connectivity index is 1.66. The zero-order chi connectivity index (χ0) is 19.0. The molecule has 148 valence electrons. The van der Waals surface area contributed by atoms with E-state index in [1.165, 1.54) is 43.5 Å². The molecule has 4 aliphatic rings. The molecule has 2 aromatic rings. The number of rotatable bonds is 5. The predicted molar refractivity (Wildman–Crippen MR) is 114 cm³/mol. The van der Waals surface area contributed by atoms with Crippen LogP contribution in [0.1, 0.15) is 62.5 Å². The van der Waals surface area contributed by atoms with E-state index in [4.69, 9.17) is 0 Å². The second kappa shape index (κ2) is 7.31. The Morgan fingerprint density at radius 2 is 1.39 bits per heavy atom. The van der Waals surface area contributed by atoms with E-state index >= 15 is 0 Å². The molecule has 3 saturated heterocycles. The van der Waals surface area contributed by atoms with Gasteiger partial charge in [-0.25, -0.2) is 0 Å². The molecule has 1 aliphatic carbocycles. The molecule has 2 heteroatoms. The quantitative estimate of drug-likeness (QED) is 0.781. The van der Waals surface area contributed by atoms with Crippen molar-refractivity contribution in [3.05, 3.63) is 71.8 Å². The number of hydrogen-bond donors (Lipinski definition) is 1. The first-order valence-electron chi connectivity index (χ1n) is 11.3. The van der Waals surface area contributed by atoms with Crippen molar-refractivity contribution in [2.45, 2.75) is 68.4 Å². The maximum Gasteiger partial charge on any atom is 0.0785 e. The fraction of sp³-hybridized carbons (Fsp3) is 0.538. The van der Waals surface area contributed by atoms with Crippen LogP contribution in [0.15, 0.2) is 60.7 Å². The van der Waals surface area contributed by atoms with Gasteiger partial charge in [-0.1, -0.05) is 73.5 Å². The van der Waals surface area contributed by atoms with Crippen LogP contribution in [0.3, 0.4) is 0 Å². The summed E-state index contributed by atoms with van der Waals surface area (Å²) in [6.45, 7) is 2.49. The van der Waals surface area contributed by atoms with Crippen molar-refractivity contribution in [3.63, 3.8) is 0 Å². The summed E-state index contributed by atoms with van der Waals surface area (Å²) in [5.74, 6) is 0.887. The normalized spacial score (nSPS) is 29.1. The lowest BCUT2D eigenvalue weighted by Gasteiger charge is -2.53. The van der Waals surface area contributed by atoms with Crippen molar-refractivity contribution in [1.29, 1.82) is 0 Å². The van der Waals surface area contributed by atoms with Gasteiger partial charge in [0.25, 0.3) is 0 Å². The third kappa shape index (κ3) is 2.93. The highest BCUT2D eigenvalue weighted by atomic mass is 16.3. The van der Waals surface area contributed by atoms with E-state index in [0.717, 1.165) is 38.0 Å². The molecule has 3 heterocycles. The first kappa shape index (κ1) is 18.4. The van der Waals surface area contributed by atoms with Gasteiger partial charge in [0.2, 0.25) is 0 Å². The largest absolute Gasteiger partial charge is 0.389 e. The maximum atomic E-state index is 12.2. The third-order valence-electron chi connectivity index (χ3n) is 8.07. The molecule has 0 aromatic heterocycles. The summed E-state index contributed by atoms with van der Waals surface area (Å²) < 4.78 is 0. The minimum Gasteiger partial charge on any atom is -0.389 e. The Kier molecular flexibility index (Phi) is 4.80. The molecule has 1 N–H and O–H groups in total. The van der Waals surface area contributed by atoms with Crippen molar-refractivity contribution in [1.82, 2.24) is 4.90 Å². The minimum absolute atomic E-state index is 0.325. The molecule has 2 aromatic carbocycles. The molecule has 3 aliphatic heterocycles. The SMILES string of the molecule is OC1(C(CC2CC3CCN2CC3)(c2ccccc2)c2ccccc2)CCCC1. The lowest BCUT2D eigenvalue weighted by Crippen LogP contribution is -2.57. The van der Waals surface area contributed by atoms with Gasteiger partial charge < -0.3 is 10.0 Å². The van der Waals surface area contributed by atoms with E-state index in [1.54, 1.807) is 0 Å². The molecule has 6 rings (SSSR count). The Labute approximate surface area is 169 Å². The van der Waals surface area contributed by atoms with Crippen LogP contribution >= 0.6 is 0 Å². The summed E-state index contributed by atoms with van der Waals surface area (Å²) >= 11 is 0. The lowest BCUT2D eigenvalue weighted by atomic mass is 9.58. The van der Waals surface area contributed by atoms with Crippen LogP contribution in [0.4, 0.5) is 0 Å². The zero-order valence-electron chi connectivity index (χ0n) is 16.9. The number of fused-ring (bicyclic) bond motifs is 3. The maximum absolute atomic E-state index is 12.2. The van der Waals surface area contributed by atoms with Crippen molar-refractivity contribution in [2.75, 3.05) is 13.1 Å². The van der Waals surface area contributed by atoms with Crippen LogP contribution in [-0.4, -0.2) is 34.7 Å². The lowest BCUT2D eigenvalue weighted by molar-refractivity contribution is -0.0463. The van der Waals surface area contributed by atoms with Crippen molar-refractivity contribution in [3.8, 4) is 0 Å². The fourth-order valence-corrected chi connectivity index (χ4v) is 6.62. The Morgan fingerprint density at radius 3 is 1.86 bits per heavy atom. The van der Waals surface area contributed by atoms with Gasteiger partial charge in [0, 0.05) is 6.04 Å². The molecule has 28 heavy (non-hydrogen) atoms. The predicted octanol–water partition coefficient (Wildman–Crippen LogP) is 5.15. The second-order valence-electron chi connectivity index (χ2n) is 9.45. The van der Waals surface area contributed by atoms with Crippen LogP contribution < -0.4 is 0 Å². The second-order valence-corrected chi connectivity index (χ2v) is 9.45. The summed E-state index contributed by atoms with van der Waals surface area (Å²) in [5.41, 5.74) is 1.61. The van der Waals surface area contributed by atoms with Gasteiger partial charge in [-0.3, -0.25) is 0 Å². The minimum atomic E-state index is -0.659. The molecule has 0 amide bonds. The van der Waals surface area contributed by atoms with Crippen LogP contribution in [0.5, 0.6) is 0 Å². The number of nitrogens with zero attached hydrogens (tertiary/aromatic N) is 1. The summed E-state index contributed by atoms with van der Waals surface area (Å²) in [6, 6.07) is 22.4. The van der Waals surface area contributed by atoms with E-state index < -0.39 is 5.60 Å². The highest BCUT2D eigenvalue weighted by molar-refractivity contribution is 5.44. The molecule has 4 fully saturated rings. The molecule has 1 atom stereocenters. The standard InChI is InChI=1S/C26H33NO/c28-25(15-7-8-16-25)26(22-9-3-1-4-10-22,23-11-5-2-6-12-23)20-24-19-21-13-17-27(24)18-14-21/h1-6,9-12,21,24,28H,7-8,13-20H2. The molecular formula is C26H33NO. The fourth-order valence-electron chi connectivity index (χ4n) is 6.62. The van der Waals surface area contributed by atoms with Gasteiger partial charge in [-0.15, -0.1) is 0 Å². The molecule has 1 unspecified atom stereocenters. The Bertz CT molecular complexity index is 733. The Morgan fingerprint density at radius 1 is 0.857 bits per heavy atom. The Hall–Kier alpha value is -1.64. The van der Waals surface area contributed by atoms with Gasteiger partial charge in [-0.2, -0.15) is 0 Å². The van der Waals surface area contributed by atoms with Crippen LogP contribution in [-0.2, 0) is 5.41 Å². The average Bonchev–Trinajstić information content (AvgIpc) is 3.22. The molecule has 0 radical (unpaired) electrons. The van der Waals surface area contributed by atoms with E-state index in [2.05, 4.69) is 65.6 Å². The van der Waals surface area contributed by atoms with Gasteiger partial charge in [0.15, 0.2) is 0 Å². The van der Waals surface area contributed by atoms with Gasteiger partial charge in [-0.05, 0) is 68.7 Å². The van der Waals surface area contributed by atoms with E-state index in [9.17, 15) is 5.11 Å². The average molecular weight is 376 g/mol. The zero-order valence-corrected chi connectivity index (χ0v) is 16.9. The number of piperidine rings is 3. The first-order chi connectivity index (χ1) is 13.7. The van der Waals surface area contributed by atoms with Crippen LogP contribution in [0.2, 0.25) is 0 Å². The smallest absolute Gasteiger partial charge is 0.0785 e. The third-order valence-corrected chi connectivity index (χ3v) is 8.07. The number of aliphatic hydroxyl groups is 1. The first-order valence-corrected chi connectivity index (χ1v) is 11.3. The van der Waals surface area contributed by atoms with Gasteiger partial charge in [0.05, 0.1) is 11.0 Å². The van der Waals surface area contributed by atoms with Crippen molar-refractivity contribution < 1.29 is 5.11 Å². The highest BCUT2D eigenvalue weighted by Gasteiger charge is 2.55.